The van der Waals surface area contributed by atoms with E-state index >= 15 is 0 Å². The van der Waals surface area contributed by atoms with Gasteiger partial charge in [0.15, 0.2) is 0 Å². The normalized spacial score (nSPS) is 13.2. The number of halogens is 1. The van der Waals surface area contributed by atoms with Gasteiger partial charge in [0.25, 0.3) is 5.91 Å². The number of benzene rings is 1. The number of nitrogens with one attached hydrogen (secondary N) is 1. The minimum atomic E-state index is -0.930. The molecule has 0 aliphatic rings. The van der Waals surface area contributed by atoms with Crippen LogP contribution in [0.3, 0.4) is 0 Å². The molecule has 0 unspecified atom stereocenters. The summed E-state index contributed by atoms with van der Waals surface area (Å²) in [5.41, 5.74) is 9.52. The summed E-state index contributed by atoms with van der Waals surface area (Å²) < 4.78 is 18.0. The second-order valence-corrected chi connectivity index (χ2v) is 3.78. The third kappa shape index (κ3) is 3.67. The third-order valence-corrected chi connectivity index (χ3v) is 2.69. The number of carbonyl (C=O) groups is 1. The fraction of sp³-hybridized carbons (Fsp3) is 0.417. The van der Waals surface area contributed by atoms with Crippen molar-refractivity contribution in [2.75, 3.05) is 20.8 Å². The van der Waals surface area contributed by atoms with Gasteiger partial charge in [0, 0.05) is 24.6 Å². The van der Waals surface area contributed by atoms with Gasteiger partial charge in [-0.05, 0) is 23.2 Å². The maximum Gasteiger partial charge on any atom is 0.251 e. The first-order valence-corrected chi connectivity index (χ1v) is 5.63. The van der Waals surface area contributed by atoms with E-state index in [1.807, 2.05) is 0 Å². The van der Waals surface area contributed by atoms with Crippen molar-refractivity contribution in [1.29, 1.82) is 0 Å². The number of amides is 1. The molecule has 1 rings (SSSR count). The second kappa shape index (κ2) is 7.35. The van der Waals surface area contributed by atoms with Crippen LogP contribution in [0.2, 0.25) is 0 Å². The highest BCUT2D eigenvalue weighted by molar-refractivity contribution is 5.93. The molecule has 1 aromatic carbocycles. The lowest BCUT2D eigenvalue weighted by molar-refractivity contribution is 0.0721. The summed E-state index contributed by atoms with van der Waals surface area (Å²) in [5, 5.41) is 5.87. The molecule has 0 bridgehead atoms. The molecule has 0 aromatic heterocycles. The number of rotatable bonds is 6. The van der Waals surface area contributed by atoms with Crippen LogP contribution in [0.1, 0.15) is 22.0 Å². The van der Waals surface area contributed by atoms with Crippen molar-refractivity contribution in [2.45, 2.75) is 12.1 Å². The predicted molar refractivity (Wildman–Crippen MR) is 68.5 cm³/mol. The van der Waals surface area contributed by atoms with Gasteiger partial charge < -0.3 is 10.1 Å². The van der Waals surface area contributed by atoms with E-state index in [0.717, 1.165) is 0 Å². The highest BCUT2D eigenvalue weighted by atomic mass is 19.1. The zero-order chi connectivity index (χ0) is 14.3. The summed E-state index contributed by atoms with van der Waals surface area (Å²) in [6.07, 6.45) is -0.681. The van der Waals surface area contributed by atoms with E-state index in [1.165, 1.54) is 14.2 Å². The number of hydrogen-bond acceptors (Lipinski definition) is 3. The van der Waals surface area contributed by atoms with Crippen LogP contribution in [-0.4, -0.2) is 32.8 Å². The summed E-state index contributed by atoms with van der Waals surface area (Å²) in [5.74, 6) is -0.211. The molecular weight excluding hydrogens is 251 g/mol. The Morgan fingerprint density at radius 3 is 2.58 bits per heavy atom. The van der Waals surface area contributed by atoms with E-state index in [1.54, 1.807) is 24.3 Å². The number of nitrogens with zero attached hydrogens (tertiary/aromatic N) is 3. The number of ether oxygens (including phenoxy) is 1. The smallest absolute Gasteiger partial charge is 0.251 e. The molecule has 1 aromatic rings. The van der Waals surface area contributed by atoms with Crippen molar-refractivity contribution >= 4 is 5.91 Å². The highest BCUT2D eigenvalue weighted by Gasteiger charge is 2.22. The van der Waals surface area contributed by atoms with Gasteiger partial charge in [0.1, 0.15) is 6.67 Å². The van der Waals surface area contributed by atoms with Crippen LogP contribution in [0.5, 0.6) is 0 Å². The Kier molecular flexibility index (Phi) is 5.78. The third-order valence-electron chi connectivity index (χ3n) is 2.69. The van der Waals surface area contributed by atoms with Gasteiger partial charge in [-0.3, -0.25) is 9.18 Å². The first-order chi connectivity index (χ1) is 9.17. The fourth-order valence-electron chi connectivity index (χ4n) is 1.72. The van der Waals surface area contributed by atoms with Crippen molar-refractivity contribution in [3.8, 4) is 0 Å². The Labute approximate surface area is 110 Å². The lowest BCUT2D eigenvalue weighted by Crippen LogP contribution is -2.21. The van der Waals surface area contributed by atoms with E-state index in [9.17, 15) is 9.18 Å². The van der Waals surface area contributed by atoms with Gasteiger partial charge in [0.05, 0.1) is 12.1 Å². The summed E-state index contributed by atoms with van der Waals surface area (Å²) in [6.45, 7) is -0.820. The predicted octanol–water partition coefficient (Wildman–Crippen LogP) is 2.38. The zero-order valence-electron chi connectivity index (χ0n) is 10.7. The molecule has 0 radical (unpaired) electrons. The van der Waals surface area contributed by atoms with Crippen LogP contribution in [0.25, 0.3) is 10.4 Å². The lowest BCUT2D eigenvalue weighted by atomic mass is 10.0. The van der Waals surface area contributed by atoms with Crippen molar-refractivity contribution in [1.82, 2.24) is 5.32 Å². The fourth-order valence-corrected chi connectivity index (χ4v) is 1.72. The van der Waals surface area contributed by atoms with E-state index in [-0.39, 0.29) is 5.91 Å². The van der Waals surface area contributed by atoms with Gasteiger partial charge in [-0.15, -0.1) is 0 Å². The molecule has 1 N–H and O–H groups in total. The molecular formula is C12H15FN4O2. The molecule has 0 aliphatic carbocycles. The standard InChI is InChI=1S/C12H15FN4O2/c1-15-12(18)9-5-3-8(4-6-9)11(19-2)10(7-13)16-17-14/h3-6,10-11H,7H2,1-2H3,(H,15,18)/t10-,11-/m1/s1. The van der Waals surface area contributed by atoms with Gasteiger partial charge in [-0.2, -0.15) is 0 Å². The summed E-state index contributed by atoms with van der Waals surface area (Å²) in [6, 6.07) is 5.57. The van der Waals surface area contributed by atoms with Crippen LogP contribution in [0.15, 0.2) is 29.4 Å². The molecule has 102 valence electrons. The van der Waals surface area contributed by atoms with Crippen LogP contribution >= 0.6 is 0 Å². The first kappa shape index (κ1) is 14.9. The van der Waals surface area contributed by atoms with E-state index < -0.39 is 18.8 Å². The van der Waals surface area contributed by atoms with Crippen molar-refractivity contribution in [3.63, 3.8) is 0 Å². The van der Waals surface area contributed by atoms with E-state index in [2.05, 4.69) is 15.3 Å². The quantitative estimate of drug-likeness (QED) is 0.486. The van der Waals surface area contributed by atoms with Crippen LogP contribution < -0.4 is 5.32 Å². The van der Waals surface area contributed by atoms with Crippen molar-refractivity contribution in [3.05, 3.63) is 45.8 Å². The van der Waals surface area contributed by atoms with Gasteiger partial charge in [-0.25, -0.2) is 0 Å². The minimum Gasteiger partial charge on any atom is -0.376 e. The number of alkyl halides is 1. The SMILES string of the molecule is CNC(=O)c1ccc([C@@H](OC)[C@@H](CF)N=[N+]=[N-])cc1. The van der Waals surface area contributed by atoms with Crippen LogP contribution in [0.4, 0.5) is 4.39 Å². The van der Waals surface area contributed by atoms with Gasteiger partial charge >= 0.3 is 0 Å². The van der Waals surface area contributed by atoms with Gasteiger partial charge in [0.2, 0.25) is 0 Å². The molecule has 0 spiro atoms. The Bertz CT molecular complexity index is 471. The van der Waals surface area contributed by atoms with E-state index in [0.29, 0.717) is 11.1 Å². The maximum atomic E-state index is 12.8. The number of azide groups is 1. The van der Waals surface area contributed by atoms with Crippen LogP contribution in [-0.2, 0) is 4.74 Å². The monoisotopic (exact) mass is 266 g/mol. The van der Waals surface area contributed by atoms with Crippen molar-refractivity contribution in [2.24, 2.45) is 5.11 Å². The molecule has 19 heavy (non-hydrogen) atoms. The zero-order valence-corrected chi connectivity index (χ0v) is 10.7. The molecule has 2 atom stereocenters. The number of methoxy groups -OCH3 is 1. The first-order valence-electron chi connectivity index (χ1n) is 5.63. The molecule has 0 heterocycles. The highest BCUT2D eigenvalue weighted by Crippen LogP contribution is 2.24. The van der Waals surface area contributed by atoms with Crippen LogP contribution in [0, 0.1) is 0 Å². The molecule has 0 saturated carbocycles. The Balaban J connectivity index is 2.99. The Morgan fingerprint density at radius 1 is 1.53 bits per heavy atom. The molecule has 0 fully saturated rings. The summed E-state index contributed by atoms with van der Waals surface area (Å²) >= 11 is 0. The second-order valence-electron chi connectivity index (χ2n) is 3.78. The van der Waals surface area contributed by atoms with Gasteiger partial charge in [-0.1, -0.05) is 17.2 Å². The maximum absolute atomic E-state index is 12.8. The van der Waals surface area contributed by atoms with Crippen molar-refractivity contribution < 1.29 is 13.9 Å². The lowest BCUT2D eigenvalue weighted by Gasteiger charge is -2.20. The van der Waals surface area contributed by atoms with E-state index in [4.69, 9.17) is 10.3 Å². The molecule has 0 aliphatic heterocycles. The molecule has 7 heteroatoms. The number of hydrogen-bond donors (Lipinski definition) is 1. The number of carbonyl (C=O) groups excluding carboxylic acids is 1. The largest absolute Gasteiger partial charge is 0.376 e. The molecule has 6 nitrogen and oxygen atoms in total. The Hall–Kier alpha value is -2.11. The summed E-state index contributed by atoms with van der Waals surface area (Å²) in [4.78, 5) is 14.0. The molecule has 1 amide bonds. The minimum absolute atomic E-state index is 0.211. The summed E-state index contributed by atoms with van der Waals surface area (Å²) in [7, 11) is 2.95. The Morgan fingerprint density at radius 2 is 2.16 bits per heavy atom. The molecule has 0 saturated heterocycles. The average molecular weight is 266 g/mol. The topological polar surface area (TPSA) is 87.1 Å². The average Bonchev–Trinajstić information content (AvgIpc) is 2.46.